The monoisotopic (exact) mass is 392 g/mol. The van der Waals surface area contributed by atoms with E-state index in [-0.39, 0.29) is 11.9 Å². The first-order valence-corrected chi connectivity index (χ1v) is 9.00. The van der Waals surface area contributed by atoms with E-state index >= 15 is 0 Å². The molecule has 0 spiro atoms. The molecule has 0 bridgehead atoms. The number of fused-ring (bicyclic) bond motifs is 1. The number of rotatable bonds is 5. The van der Waals surface area contributed by atoms with Crippen molar-refractivity contribution >= 4 is 28.2 Å². The number of nitrogens with zero attached hydrogens (tertiary/aromatic N) is 4. The highest BCUT2D eigenvalue weighted by atomic mass is 35.5. The SMILES string of the molecule is CN(Cc1ccc(Cl)cc1)c1ccc(Oc2nc(O)c3ccncc3n2)cc1. The molecule has 4 aromatic rings. The van der Waals surface area contributed by atoms with Crippen LogP contribution in [0.4, 0.5) is 5.69 Å². The van der Waals surface area contributed by atoms with Gasteiger partial charge >= 0.3 is 6.01 Å². The van der Waals surface area contributed by atoms with Crippen molar-refractivity contribution in [1.29, 1.82) is 0 Å². The third-order valence-corrected chi connectivity index (χ3v) is 4.53. The smallest absolute Gasteiger partial charge is 0.325 e. The van der Waals surface area contributed by atoms with Gasteiger partial charge in [-0.1, -0.05) is 23.7 Å². The van der Waals surface area contributed by atoms with Crippen molar-refractivity contribution in [1.82, 2.24) is 15.0 Å². The van der Waals surface area contributed by atoms with Gasteiger partial charge in [0.1, 0.15) is 5.75 Å². The fourth-order valence-electron chi connectivity index (χ4n) is 2.82. The summed E-state index contributed by atoms with van der Waals surface area (Å²) in [4.78, 5) is 14.4. The second-order valence-corrected chi connectivity index (χ2v) is 6.74. The predicted molar refractivity (Wildman–Crippen MR) is 109 cm³/mol. The number of benzene rings is 2. The van der Waals surface area contributed by atoms with Crippen LogP contribution in [0.25, 0.3) is 10.9 Å². The highest BCUT2D eigenvalue weighted by Gasteiger charge is 2.09. The van der Waals surface area contributed by atoms with Crippen LogP contribution in [0.2, 0.25) is 5.02 Å². The van der Waals surface area contributed by atoms with Crippen LogP contribution < -0.4 is 9.64 Å². The van der Waals surface area contributed by atoms with Gasteiger partial charge in [0.15, 0.2) is 0 Å². The Morgan fingerprint density at radius 3 is 2.50 bits per heavy atom. The standard InChI is InChI=1S/C21H17ClN4O2/c1-26(13-14-2-4-15(22)5-3-14)16-6-8-17(9-7-16)28-21-24-19-12-23-11-10-18(19)20(27)25-21/h2-12H,13H2,1H3,(H,24,25,27). The molecular weight excluding hydrogens is 376 g/mol. The van der Waals surface area contributed by atoms with E-state index in [0.29, 0.717) is 16.7 Å². The van der Waals surface area contributed by atoms with Gasteiger partial charge in [0.25, 0.3) is 0 Å². The van der Waals surface area contributed by atoms with E-state index in [1.165, 1.54) is 5.56 Å². The Kier molecular flexibility index (Phi) is 4.95. The summed E-state index contributed by atoms with van der Waals surface area (Å²) >= 11 is 5.93. The van der Waals surface area contributed by atoms with E-state index in [0.717, 1.165) is 17.3 Å². The van der Waals surface area contributed by atoms with Gasteiger partial charge in [0.05, 0.1) is 17.1 Å². The van der Waals surface area contributed by atoms with Gasteiger partial charge in [-0.2, -0.15) is 9.97 Å². The van der Waals surface area contributed by atoms with Gasteiger partial charge in [-0.3, -0.25) is 4.98 Å². The van der Waals surface area contributed by atoms with Crippen molar-refractivity contribution in [3.05, 3.63) is 77.6 Å². The average Bonchev–Trinajstić information content (AvgIpc) is 2.70. The zero-order chi connectivity index (χ0) is 19.5. The molecule has 0 aliphatic heterocycles. The summed E-state index contributed by atoms with van der Waals surface area (Å²) in [5, 5.41) is 11.3. The van der Waals surface area contributed by atoms with Crippen LogP contribution in [-0.4, -0.2) is 27.1 Å². The molecule has 0 amide bonds. The van der Waals surface area contributed by atoms with Crippen molar-refractivity contribution in [2.24, 2.45) is 0 Å². The van der Waals surface area contributed by atoms with Crippen molar-refractivity contribution in [2.45, 2.75) is 6.54 Å². The van der Waals surface area contributed by atoms with Crippen molar-refractivity contribution in [3.63, 3.8) is 0 Å². The fourth-order valence-corrected chi connectivity index (χ4v) is 2.94. The van der Waals surface area contributed by atoms with E-state index in [9.17, 15) is 5.11 Å². The molecule has 6 nitrogen and oxygen atoms in total. The van der Waals surface area contributed by atoms with E-state index in [2.05, 4.69) is 19.9 Å². The van der Waals surface area contributed by atoms with Crippen LogP contribution in [0.5, 0.6) is 17.6 Å². The highest BCUT2D eigenvalue weighted by Crippen LogP contribution is 2.27. The average molecular weight is 393 g/mol. The van der Waals surface area contributed by atoms with Gasteiger partial charge < -0.3 is 14.7 Å². The zero-order valence-electron chi connectivity index (χ0n) is 15.1. The molecule has 4 rings (SSSR count). The molecule has 0 saturated heterocycles. The first-order chi connectivity index (χ1) is 13.6. The summed E-state index contributed by atoms with van der Waals surface area (Å²) in [5.74, 6) is 0.438. The molecule has 0 atom stereocenters. The molecule has 7 heteroatoms. The van der Waals surface area contributed by atoms with E-state index in [4.69, 9.17) is 16.3 Å². The number of aromatic nitrogens is 3. The lowest BCUT2D eigenvalue weighted by Gasteiger charge is -2.19. The number of ether oxygens (including phenoxy) is 1. The first-order valence-electron chi connectivity index (χ1n) is 8.63. The Morgan fingerprint density at radius 1 is 1.00 bits per heavy atom. The first kappa shape index (κ1) is 18.0. The summed E-state index contributed by atoms with van der Waals surface area (Å²) in [7, 11) is 2.02. The minimum atomic E-state index is -0.137. The van der Waals surface area contributed by atoms with Gasteiger partial charge in [0, 0.05) is 30.5 Å². The minimum Gasteiger partial charge on any atom is -0.493 e. The Morgan fingerprint density at radius 2 is 1.75 bits per heavy atom. The van der Waals surface area contributed by atoms with Gasteiger partial charge in [-0.05, 0) is 48.0 Å². The predicted octanol–water partition coefficient (Wildman–Crippen LogP) is 4.81. The maximum absolute atomic E-state index is 10.0. The quantitative estimate of drug-likeness (QED) is 0.525. The molecule has 2 aromatic carbocycles. The molecule has 140 valence electrons. The third-order valence-electron chi connectivity index (χ3n) is 4.28. The molecule has 0 saturated carbocycles. The summed E-state index contributed by atoms with van der Waals surface area (Å²) < 4.78 is 5.69. The molecule has 2 heterocycles. The molecular formula is C21H17ClN4O2. The van der Waals surface area contributed by atoms with E-state index in [1.807, 2.05) is 55.6 Å². The van der Waals surface area contributed by atoms with Crippen LogP contribution in [0.3, 0.4) is 0 Å². The Balaban J connectivity index is 1.48. The Bertz CT molecular complexity index is 1100. The molecule has 28 heavy (non-hydrogen) atoms. The van der Waals surface area contributed by atoms with E-state index < -0.39 is 0 Å². The molecule has 0 fully saturated rings. The lowest BCUT2D eigenvalue weighted by atomic mass is 10.2. The summed E-state index contributed by atoms with van der Waals surface area (Å²) in [5.41, 5.74) is 2.72. The number of halogens is 1. The van der Waals surface area contributed by atoms with Crippen molar-refractivity contribution < 1.29 is 9.84 Å². The molecule has 0 unspecified atom stereocenters. The minimum absolute atomic E-state index is 0.0697. The summed E-state index contributed by atoms with van der Waals surface area (Å²) in [6.07, 6.45) is 3.13. The highest BCUT2D eigenvalue weighted by molar-refractivity contribution is 6.30. The number of pyridine rings is 1. The molecule has 2 aromatic heterocycles. The van der Waals surface area contributed by atoms with Crippen LogP contribution in [0.1, 0.15) is 5.56 Å². The molecule has 0 aliphatic rings. The van der Waals surface area contributed by atoms with Crippen LogP contribution in [0, 0.1) is 0 Å². The lowest BCUT2D eigenvalue weighted by molar-refractivity contribution is 0.412. The fraction of sp³-hybridized carbons (Fsp3) is 0.0952. The maximum atomic E-state index is 10.0. The summed E-state index contributed by atoms with van der Waals surface area (Å²) in [6.45, 7) is 0.756. The zero-order valence-corrected chi connectivity index (χ0v) is 15.8. The number of hydrogen-bond acceptors (Lipinski definition) is 6. The van der Waals surface area contributed by atoms with E-state index in [1.54, 1.807) is 18.5 Å². The molecule has 0 radical (unpaired) electrons. The van der Waals surface area contributed by atoms with Gasteiger partial charge in [-0.15, -0.1) is 0 Å². The molecule has 1 N–H and O–H groups in total. The molecule has 0 aliphatic carbocycles. The maximum Gasteiger partial charge on any atom is 0.325 e. The summed E-state index contributed by atoms with van der Waals surface area (Å²) in [6, 6.07) is 17.1. The second kappa shape index (κ2) is 7.70. The van der Waals surface area contributed by atoms with Crippen molar-refractivity contribution in [2.75, 3.05) is 11.9 Å². The third kappa shape index (κ3) is 3.97. The number of aromatic hydroxyl groups is 1. The van der Waals surface area contributed by atoms with Gasteiger partial charge in [-0.25, -0.2) is 0 Å². The van der Waals surface area contributed by atoms with Crippen LogP contribution >= 0.6 is 11.6 Å². The van der Waals surface area contributed by atoms with Crippen LogP contribution in [-0.2, 0) is 6.54 Å². The van der Waals surface area contributed by atoms with Crippen molar-refractivity contribution in [3.8, 4) is 17.6 Å². The lowest BCUT2D eigenvalue weighted by Crippen LogP contribution is -2.16. The largest absolute Gasteiger partial charge is 0.493 e. The number of hydrogen-bond donors (Lipinski definition) is 1. The van der Waals surface area contributed by atoms with Gasteiger partial charge in [0.2, 0.25) is 5.88 Å². The Hall–Kier alpha value is -3.38. The topological polar surface area (TPSA) is 71.4 Å². The normalized spacial score (nSPS) is 10.8. The Labute approximate surface area is 167 Å². The second-order valence-electron chi connectivity index (χ2n) is 6.30. The van der Waals surface area contributed by atoms with Crippen LogP contribution in [0.15, 0.2) is 67.0 Å². The number of anilines is 1.